The van der Waals surface area contributed by atoms with E-state index in [0.717, 1.165) is 10.1 Å². The summed E-state index contributed by atoms with van der Waals surface area (Å²) >= 11 is 19.3. The predicted molar refractivity (Wildman–Crippen MR) is 143 cm³/mol. The maximum atomic E-state index is 12.6. The van der Waals surface area contributed by atoms with Crippen molar-refractivity contribution in [3.8, 4) is 5.75 Å². The summed E-state index contributed by atoms with van der Waals surface area (Å²) in [5, 5.41) is 8.05. The van der Waals surface area contributed by atoms with Gasteiger partial charge in [-0.1, -0.05) is 53.0 Å². The molecule has 1 aromatic heterocycles. The molecule has 0 aliphatic heterocycles. The molecule has 4 rings (SSSR count). The second-order valence-electron chi connectivity index (χ2n) is 7.30. The van der Waals surface area contributed by atoms with Crippen LogP contribution in [-0.4, -0.2) is 30.5 Å². The van der Waals surface area contributed by atoms with Crippen molar-refractivity contribution in [1.82, 2.24) is 10.7 Å². The minimum absolute atomic E-state index is 0.239. The van der Waals surface area contributed by atoms with E-state index in [1.165, 1.54) is 35.8 Å². The van der Waals surface area contributed by atoms with Crippen molar-refractivity contribution in [1.29, 1.82) is 0 Å². The van der Waals surface area contributed by atoms with Gasteiger partial charge in [0.15, 0.2) is 0 Å². The molecule has 0 saturated heterocycles. The molecule has 2 N–H and O–H groups in total. The van der Waals surface area contributed by atoms with Gasteiger partial charge in [0.1, 0.15) is 10.6 Å². The van der Waals surface area contributed by atoms with Gasteiger partial charge in [-0.2, -0.15) is 5.10 Å². The van der Waals surface area contributed by atoms with E-state index in [4.69, 9.17) is 39.5 Å². The quantitative estimate of drug-likeness (QED) is 0.126. The Hall–Kier alpha value is -3.43. The number of thiophene rings is 1. The lowest BCUT2D eigenvalue weighted by atomic mass is 10.2. The first kappa shape index (κ1) is 25.7. The molecule has 1 heterocycles. The van der Waals surface area contributed by atoms with E-state index >= 15 is 0 Å². The average Bonchev–Trinajstić information content (AvgIpc) is 3.22. The van der Waals surface area contributed by atoms with Crippen LogP contribution in [0.5, 0.6) is 5.75 Å². The second-order valence-corrected chi connectivity index (χ2v) is 9.55. The number of hydrogen-bond donors (Lipinski definition) is 2. The fourth-order valence-corrected chi connectivity index (χ4v) is 4.72. The van der Waals surface area contributed by atoms with E-state index in [2.05, 4.69) is 15.8 Å². The lowest BCUT2D eigenvalue weighted by molar-refractivity contribution is -0.120. The van der Waals surface area contributed by atoms with Crippen LogP contribution in [0.1, 0.15) is 25.6 Å². The Labute approximate surface area is 224 Å². The normalized spacial score (nSPS) is 11.0. The number of nitrogens with zero attached hydrogens (tertiary/aromatic N) is 1. The number of ether oxygens (including phenoxy) is 1. The van der Waals surface area contributed by atoms with Crippen molar-refractivity contribution in [2.45, 2.75) is 0 Å². The van der Waals surface area contributed by atoms with Gasteiger partial charge in [-0.25, -0.2) is 10.2 Å². The van der Waals surface area contributed by atoms with Crippen LogP contribution in [0.3, 0.4) is 0 Å². The zero-order chi connectivity index (χ0) is 25.7. The Morgan fingerprint density at radius 1 is 0.944 bits per heavy atom. The van der Waals surface area contributed by atoms with Gasteiger partial charge in [0, 0.05) is 15.6 Å². The van der Waals surface area contributed by atoms with Gasteiger partial charge in [-0.15, -0.1) is 11.3 Å². The number of nitrogens with one attached hydrogen (secondary N) is 2. The number of esters is 1. The summed E-state index contributed by atoms with van der Waals surface area (Å²) in [5.41, 5.74) is 3.24. The molecule has 4 aromatic rings. The highest BCUT2D eigenvalue weighted by atomic mass is 35.5. The molecule has 0 atom stereocenters. The minimum atomic E-state index is -0.544. The van der Waals surface area contributed by atoms with Gasteiger partial charge >= 0.3 is 5.97 Å². The highest BCUT2D eigenvalue weighted by Crippen LogP contribution is 2.35. The molecule has 182 valence electrons. The van der Waals surface area contributed by atoms with Crippen molar-refractivity contribution in [3.05, 3.63) is 97.8 Å². The van der Waals surface area contributed by atoms with Gasteiger partial charge in [0.05, 0.1) is 27.8 Å². The number of amides is 2. The third-order valence-corrected chi connectivity index (χ3v) is 7.20. The Morgan fingerprint density at radius 2 is 1.69 bits per heavy atom. The Kier molecular flexibility index (Phi) is 8.22. The predicted octanol–water partition coefficient (Wildman–Crippen LogP) is 5.96. The van der Waals surface area contributed by atoms with E-state index in [1.54, 1.807) is 24.3 Å². The monoisotopic (exact) mass is 559 g/mol. The fraction of sp³-hybridized carbons (Fsp3) is 0.0400. The molecule has 0 aliphatic carbocycles. The molecule has 0 saturated carbocycles. The molecule has 0 aliphatic rings. The van der Waals surface area contributed by atoms with E-state index in [-0.39, 0.29) is 17.1 Å². The Morgan fingerprint density at radius 3 is 2.42 bits per heavy atom. The van der Waals surface area contributed by atoms with E-state index in [0.29, 0.717) is 26.2 Å². The lowest BCUT2D eigenvalue weighted by Crippen LogP contribution is -2.34. The molecule has 0 radical (unpaired) electrons. The highest BCUT2D eigenvalue weighted by molar-refractivity contribution is 7.21. The minimum Gasteiger partial charge on any atom is -0.422 e. The van der Waals surface area contributed by atoms with Crippen LogP contribution in [0.25, 0.3) is 10.1 Å². The summed E-state index contributed by atoms with van der Waals surface area (Å²) in [4.78, 5) is 36.9. The maximum absolute atomic E-state index is 12.6. The highest BCUT2D eigenvalue weighted by Gasteiger charge is 2.19. The molecule has 11 heteroatoms. The number of carbonyl (C=O) groups excluding carboxylic acids is 3. The molecule has 0 spiro atoms. The number of hydrazone groups is 1. The summed E-state index contributed by atoms with van der Waals surface area (Å²) in [5.74, 6) is -1.21. The van der Waals surface area contributed by atoms with Crippen LogP contribution in [0.4, 0.5) is 0 Å². The number of hydrogen-bond acceptors (Lipinski definition) is 6. The zero-order valence-corrected chi connectivity index (χ0v) is 21.3. The number of rotatable bonds is 7. The number of carbonyl (C=O) groups is 3. The van der Waals surface area contributed by atoms with Crippen LogP contribution >= 0.6 is 46.1 Å². The standard InChI is InChI=1S/C25H16Cl3N3O4S/c26-18-10-7-15(11-19(18)27)24(33)29-13-21(32)31-30-12-14-5-8-16(9-6-14)35-25(34)23-22(28)17-3-1-2-4-20(17)36-23/h1-12H,13H2,(H,29,33)(H,31,32). The lowest BCUT2D eigenvalue weighted by Gasteiger charge is -2.05. The molecule has 0 unspecified atom stereocenters. The Balaban J connectivity index is 1.27. The molecular formula is C25H16Cl3N3O4S. The fourth-order valence-electron chi connectivity index (χ4n) is 3.04. The van der Waals surface area contributed by atoms with Crippen LogP contribution in [0, 0.1) is 0 Å². The smallest absolute Gasteiger partial charge is 0.355 e. The zero-order valence-electron chi connectivity index (χ0n) is 18.3. The van der Waals surface area contributed by atoms with Gasteiger partial charge in [-0.3, -0.25) is 9.59 Å². The van der Waals surface area contributed by atoms with Crippen molar-refractivity contribution < 1.29 is 19.1 Å². The van der Waals surface area contributed by atoms with Gasteiger partial charge in [0.25, 0.3) is 11.8 Å². The number of benzene rings is 3. The molecule has 36 heavy (non-hydrogen) atoms. The largest absolute Gasteiger partial charge is 0.422 e. The van der Waals surface area contributed by atoms with Gasteiger partial charge in [-0.05, 0) is 54.1 Å². The summed E-state index contributed by atoms with van der Waals surface area (Å²) in [6.45, 7) is -0.286. The summed E-state index contributed by atoms with van der Waals surface area (Å²) in [6.07, 6.45) is 1.41. The Bertz CT molecular complexity index is 1490. The average molecular weight is 561 g/mol. The third kappa shape index (κ3) is 6.22. The van der Waals surface area contributed by atoms with E-state index in [9.17, 15) is 14.4 Å². The first-order valence-corrected chi connectivity index (χ1v) is 12.3. The summed E-state index contributed by atoms with van der Waals surface area (Å²) in [7, 11) is 0. The molecule has 0 fully saturated rings. The van der Waals surface area contributed by atoms with E-state index < -0.39 is 17.8 Å². The van der Waals surface area contributed by atoms with E-state index in [1.807, 2.05) is 24.3 Å². The first-order valence-electron chi connectivity index (χ1n) is 10.4. The first-order chi connectivity index (χ1) is 17.3. The topological polar surface area (TPSA) is 96.9 Å². The van der Waals surface area contributed by atoms with Crippen LogP contribution < -0.4 is 15.5 Å². The number of halogens is 3. The van der Waals surface area contributed by atoms with Gasteiger partial charge < -0.3 is 10.1 Å². The molecule has 3 aromatic carbocycles. The van der Waals surface area contributed by atoms with Crippen molar-refractivity contribution in [2.75, 3.05) is 6.54 Å². The van der Waals surface area contributed by atoms with Crippen LogP contribution in [0.15, 0.2) is 71.8 Å². The SMILES string of the molecule is O=C(CNC(=O)c1ccc(Cl)c(Cl)c1)NN=Cc1ccc(OC(=O)c2sc3ccccc3c2Cl)cc1. The molecule has 7 nitrogen and oxygen atoms in total. The second kappa shape index (κ2) is 11.5. The van der Waals surface area contributed by atoms with Crippen molar-refractivity contribution in [3.63, 3.8) is 0 Å². The summed E-state index contributed by atoms with van der Waals surface area (Å²) < 4.78 is 6.33. The molecular weight excluding hydrogens is 545 g/mol. The van der Waals surface area contributed by atoms with Crippen LogP contribution in [-0.2, 0) is 4.79 Å². The van der Waals surface area contributed by atoms with Gasteiger partial charge in [0.2, 0.25) is 0 Å². The summed E-state index contributed by atoms with van der Waals surface area (Å²) in [6, 6.07) is 18.4. The molecule has 0 bridgehead atoms. The molecule has 2 amide bonds. The third-order valence-electron chi connectivity index (χ3n) is 4.81. The maximum Gasteiger partial charge on any atom is 0.355 e. The van der Waals surface area contributed by atoms with Crippen molar-refractivity contribution in [2.24, 2.45) is 5.10 Å². The van der Waals surface area contributed by atoms with Crippen LogP contribution in [0.2, 0.25) is 15.1 Å². The van der Waals surface area contributed by atoms with Crippen molar-refractivity contribution >= 4 is 80.2 Å². The number of fused-ring (bicyclic) bond motifs is 1.